The number of benzene rings is 1. The van der Waals surface area contributed by atoms with Crippen LogP contribution in [0.2, 0.25) is 0 Å². The smallest absolute Gasteiger partial charge is 0.278 e. The van der Waals surface area contributed by atoms with Crippen molar-refractivity contribution in [1.82, 2.24) is 4.90 Å². The molecule has 2 aliphatic heterocycles. The summed E-state index contributed by atoms with van der Waals surface area (Å²) in [5.41, 5.74) is 6.46. The number of carbonyl (C=O) groups is 2. The number of anilines is 1. The van der Waals surface area contributed by atoms with E-state index in [2.05, 4.69) is 4.90 Å². The van der Waals surface area contributed by atoms with Crippen molar-refractivity contribution in [2.24, 2.45) is 5.73 Å². The Labute approximate surface area is 147 Å². The van der Waals surface area contributed by atoms with E-state index in [9.17, 15) is 14.0 Å². The standard InChI is InChI=1S/C18H25FN4O2/c19-14-4-6-15(7-5-14)22-11-9-21(10-12-22)13-17(24)23-8-2-1-3-16(23)18(20)25/h4-7,16H,1-3,8-13H2,(H2,20,25)/p+1/t16-/m1/s1. The number of nitrogens with two attached hydrogens (primary N) is 1. The zero-order chi connectivity index (χ0) is 17.8. The number of hydrogen-bond donors (Lipinski definition) is 2. The highest BCUT2D eigenvalue weighted by molar-refractivity contribution is 5.87. The summed E-state index contributed by atoms with van der Waals surface area (Å²) in [6, 6.07) is 6.07. The molecule has 25 heavy (non-hydrogen) atoms. The summed E-state index contributed by atoms with van der Waals surface area (Å²) >= 11 is 0. The van der Waals surface area contributed by atoms with Gasteiger partial charge in [0, 0.05) is 12.2 Å². The molecule has 0 aromatic heterocycles. The van der Waals surface area contributed by atoms with Gasteiger partial charge >= 0.3 is 0 Å². The molecule has 0 aliphatic carbocycles. The summed E-state index contributed by atoms with van der Waals surface area (Å²) in [5.74, 6) is -0.609. The lowest BCUT2D eigenvalue weighted by Gasteiger charge is -2.37. The van der Waals surface area contributed by atoms with E-state index in [-0.39, 0.29) is 11.7 Å². The first-order valence-corrected chi connectivity index (χ1v) is 8.97. The van der Waals surface area contributed by atoms with Crippen molar-refractivity contribution in [2.45, 2.75) is 25.3 Å². The molecule has 0 spiro atoms. The van der Waals surface area contributed by atoms with Crippen LogP contribution in [0.4, 0.5) is 10.1 Å². The summed E-state index contributed by atoms with van der Waals surface area (Å²) in [4.78, 5) is 29.3. The Morgan fingerprint density at radius 1 is 1.12 bits per heavy atom. The van der Waals surface area contributed by atoms with Crippen LogP contribution in [0.3, 0.4) is 0 Å². The number of nitrogens with zero attached hydrogens (tertiary/aromatic N) is 2. The number of carbonyl (C=O) groups excluding carboxylic acids is 2. The van der Waals surface area contributed by atoms with Crippen molar-refractivity contribution in [1.29, 1.82) is 0 Å². The van der Waals surface area contributed by atoms with Crippen LogP contribution in [0.1, 0.15) is 19.3 Å². The molecule has 2 amide bonds. The van der Waals surface area contributed by atoms with E-state index >= 15 is 0 Å². The summed E-state index contributed by atoms with van der Waals surface area (Å²) in [6.07, 6.45) is 2.55. The van der Waals surface area contributed by atoms with Gasteiger partial charge in [0.15, 0.2) is 6.54 Å². The highest BCUT2D eigenvalue weighted by Crippen LogP contribution is 2.17. The first kappa shape index (κ1) is 17.7. The largest absolute Gasteiger partial charge is 0.368 e. The van der Waals surface area contributed by atoms with E-state index in [1.807, 2.05) is 0 Å². The number of piperidine rings is 1. The van der Waals surface area contributed by atoms with Gasteiger partial charge in [0.2, 0.25) is 5.91 Å². The van der Waals surface area contributed by atoms with Crippen molar-refractivity contribution in [2.75, 3.05) is 44.2 Å². The van der Waals surface area contributed by atoms with Gasteiger partial charge in [-0.05, 0) is 43.5 Å². The molecule has 0 unspecified atom stereocenters. The molecule has 2 fully saturated rings. The van der Waals surface area contributed by atoms with Crippen LogP contribution >= 0.6 is 0 Å². The second kappa shape index (κ2) is 7.82. The lowest BCUT2D eigenvalue weighted by molar-refractivity contribution is -0.892. The Morgan fingerprint density at radius 3 is 2.44 bits per heavy atom. The Hall–Kier alpha value is -2.15. The first-order chi connectivity index (χ1) is 12.0. The molecule has 7 heteroatoms. The average Bonchev–Trinajstić information content (AvgIpc) is 2.63. The lowest BCUT2D eigenvalue weighted by Crippen LogP contribution is -3.16. The van der Waals surface area contributed by atoms with Crippen LogP contribution in [0.25, 0.3) is 0 Å². The van der Waals surface area contributed by atoms with Crippen molar-refractivity contribution in [3.63, 3.8) is 0 Å². The number of quaternary nitrogens is 1. The zero-order valence-corrected chi connectivity index (χ0v) is 14.4. The molecule has 6 nitrogen and oxygen atoms in total. The molecule has 2 heterocycles. The van der Waals surface area contributed by atoms with Crippen LogP contribution in [0.15, 0.2) is 24.3 Å². The molecular weight excluding hydrogens is 323 g/mol. The first-order valence-electron chi connectivity index (χ1n) is 8.97. The number of amides is 2. The van der Waals surface area contributed by atoms with Crippen LogP contribution in [-0.2, 0) is 9.59 Å². The van der Waals surface area contributed by atoms with E-state index in [1.165, 1.54) is 17.0 Å². The predicted octanol–water partition coefficient (Wildman–Crippen LogP) is -0.603. The fraction of sp³-hybridized carbons (Fsp3) is 0.556. The highest BCUT2D eigenvalue weighted by Gasteiger charge is 2.33. The van der Waals surface area contributed by atoms with Gasteiger partial charge in [-0.15, -0.1) is 0 Å². The van der Waals surface area contributed by atoms with Gasteiger partial charge < -0.3 is 20.4 Å². The highest BCUT2D eigenvalue weighted by atomic mass is 19.1. The normalized spacial score (nSPS) is 22.0. The molecule has 1 aromatic rings. The molecule has 2 aliphatic rings. The maximum Gasteiger partial charge on any atom is 0.278 e. The topological polar surface area (TPSA) is 71.1 Å². The molecule has 0 radical (unpaired) electrons. The van der Waals surface area contributed by atoms with Gasteiger partial charge in [-0.25, -0.2) is 4.39 Å². The molecule has 136 valence electrons. The molecule has 3 rings (SSSR count). The Balaban J connectivity index is 1.52. The summed E-state index contributed by atoms with van der Waals surface area (Å²) < 4.78 is 13.0. The second-order valence-corrected chi connectivity index (χ2v) is 6.89. The third kappa shape index (κ3) is 4.28. The van der Waals surface area contributed by atoms with Gasteiger partial charge in [0.05, 0.1) is 26.2 Å². The van der Waals surface area contributed by atoms with Crippen molar-refractivity contribution < 1.29 is 18.9 Å². The molecule has 0 saturated carbocycles. The van der Waals surface area contributed by atoms with E-state index < -0.39 is 11.9 Å². The maximum absolute atomic E-state index is 13.0. The van der Waals surface area contributed by atoms with Crippen molar-refractivity contribution >= 4 is 17.5 Å². The van der Waals surface area contributed by atoms with Gasteiger partial charge in [-0.2, -0.15) is 0 Å². The predicted molar refractivity (Wildman–Crippen MR) is 92.7 cm³/mol. The fourth-order valence-electron chi connectivity index (χ4n) is 3.75. The van der Waals surface area contributed by atoms with Crippen LogP contribution in [0.5, 0.6) is 0 Å². The molecule has 0 bridgehead atoms. The second-order valence-electron chi connectivity index (χ2n) is 6.89. The SMILES string of the molecule is NC(=O)[C@H]1CCCCN1C(=O)C[NH+]1CCN(c2ccc(F)cc2)CC1. The Bertz CT molecular complexity index is 614. The van der Waals surface area contributed by atoms with E-state index in [0.717, 1.165) is 44.7 Å². The number of rotatable bonds is 4. The minimum Gasteiger partial charge on any atom is -0.368 e. The molecule has 2 saturated heterocycles. The maximum atomic E-state index is 13.0. The number of nitrogens with one attached hydrogen (secondary N) is 1. The van der Waals surface area contributed by atoms with Gasteiger partial charge in [-0.3, -0.25) is 9.59 Å². The van der Waals surface area contributed by atoms with E-state index in [1.54, 1.807) is 17.0 Å². The van der Waals surface area contributed by atoms with Crippen LogP contribution in [0, 0.1) is 5.82 Å². The molecular formula is C18H26FN4O2+. The average molecular weight is 349 g/mol. The summed E-state index contributed by atoms with van der Waals surface area (Å²) in [6.45, 7) is 4.37. The third-order valence-corrected chi connectivity index (χ3v) is 5.22. The Morgan fingerprint density at radius 2 is 1.80 bits per heavy atom. The van der Waals surface area contributed by atoms with E-state index in [0.29, 0.717) is 19.5 Å². The molecule has 3 N–H and O–H groups in total. The van der Waals surface area contributed by atoms with Gasteiger partial charge in [0.25, 0.3) is 5.91 Å². The number of hydrogen-bond acceptors (Lipinski definition) is 3. The number of likely N-dealkylation sites (tertiary alicyclic amines) is 1. The summed E-state index contributed by atoms with van der Waals surface area (Å²) in [7, 11) is 0. The zero-order valence-electron chi connectivity index (χ0n) is 14.4. The number of halogens is 1. The lowest BCUT2D eigenvalue weighted by atomic mass is 10.0. The van der Waals surface area contributed by atoms with Gasteiger partial charge in [0.1, 0.15) is 11.9 Å². The van der Waals surface area contributed by atoms with Crippen molar-refractivity contribution in [3.8, 4) is 0 Å². The van der Waals surface area contributed by atoms with Gasteiger partial charge in [-0.1, -0.05) is 0 Å². The number of primary amides is 1. The monoisotopic (exact) mass is 349 g/mol. The minimum absolute atomic E-state index is 0.0220. The van der Waals surface area contributed by atoms with Crippen LogP contribution in [-0.4, -0.2) is 62.0 Å². The van der Waals surface area contributed by atoms with E-state index in [4.69, 9.17) is 5.73 Å². The minimum atomic E-state index is -0.443. The van der Waals surface area contributed by atoms with Crippen molar-refractivity contribution in [3.05, 3.63) is 30.1 Å². The Kier molecular flexibility index (Phi) is 5.53. The van der Waals surface area contributed by atoms with Crippen LogP contribution < -0.4 is 15.5 Å². The molecule has 1 aromatic carbocycles. The number of piperazine rings is 1. The molecule has 1 atom stereocenters. The summed E-state index contributed by atoms with van der Waals surface area (Å²) in [5, 5.41) is 0. The fourth-order valence-corrected chi connectivity index (χ4v) is 3.75. The quantitative estimate of drug-likeness (QED) is 0.762. The third-order valence-electron chi connectivity index (χ3n) is 5.22.